The standard InChI is InChI=1S/C33H53N7O5/c1-20(2)16-27-33(45)40(7)28(17-21(3)4)32(44)38-26(18-24-19-35-14-10-8-12-22(24)5)31(43)36-15-11-9-13-25(34)30(42)37-23(6)29(41)39-27/h8,10,12,14,19-21,23,25-28,35H,5,9,11,13,15-18,34H2,1-4,6-7H3,(H,36,43)(H,37,42)(H,38,44)(H,39,41)/b12-8-,14-10?,24-19-/t23-,25+,26-,27-,28-/m0/s1. The molecule has 0 spiro atoms. The number of allylic oxidation sites excluding steroid dienone is 4. The number of amides is 5. The molecule has 45 heavy (non-hydrogen) atoms. The van der Waals surface area contributed by atoms with Crippen LogP contribution in [-0.2, 0) is 24.0 Å². The molecule has 2 heterocycles. The van der Waals surface area contributed by atoms with Crippen LogP contribution in [0.5, 0.6) is 0 Å². The van der Waals surface area contributed by atoms with Gasteiger partial charge in [0.05, 0.1) is 6.04 Å². The molecule has 5 atom stereocenters. The Labute approximate surface area is 267 Å². The molecule has 0 aliphatic carbocycles. The highest BCUT2D eigenvalue weighted by Gasteiger charge is 2.35. The molecule has 0 aromatic heterocycles. The molecule has 7 N–H and O–H groups in total. The number of rotatable bonds is 6. The van der Waals surface area contributed by atoms with Gasteiger partial charge < -0.3 is 37.2 Å². The Bertz CT molecular complexity index is 1180. The highest BCUT2D eigenvalue weighted by atomic mass is 16.2. The first-order chi connectivity index (χ1) is 21.2. The number of nitrogens with two attached hydrogens (primary N) is 1. The van der Waals surface area contributed by atoms with Gasteiger partial charge in [-0.25, -0.2) is 0 Å². The van der Waals surface area contributed by atoms with Crippen molar-refractivity contribution in [2.45, 2.75) is 103 Å². The topological polar surface area (TPSA) is 175 Å². The Balaban J connectivity index is 2.48. The molecule has 12 nitrogen and oxygen atoms in total. The fourth-order valence-corrected chi connectivity index (χ4v) is 5.14. The van der Waals surface area contributed by atoms with E-state index >= 15 is 0 Å². The first kappa shape index (κ1) is 37.3. The summed E-state index contributed by atoms with van der Waals surface area (Å²) in [5.41, 5.74) is 7.49. The minimum Gasteiger partial charge on any atom is -0.367 e. The zero-order chi connectivity index (χ0) is 33.7. The summed E-state index contributed by atoms with van der Waals surface area (Å²) < 4.78 is 0. The fourth-order valence-electron chi connectivity index (χ4n) is 5.14. The largest absolute Gasteiger partial charge is 0.367 e. The lowest BCUT2D eigenvalue weighted by molar-refractivity contribution is -0.143. The molecule has 250 valence electrons. The predicted octanol–water partition coefficient (Wildman–Crippen LogP) is 1.51. The van der Waals surface area contributed by atoms with E-state index in [0.717, 1.165) is 5.57 Å². The second kappa shape index (κ2) is 18.1. The van der Waals surface area contributed by atoms with Gasteiger partial charge in [-0.05, 0) is 68.1 Å². The van der Waals surface area contributed by atoms with Crippen LogP contribution in [0.15, 0.2) is 48.4 Å². The molecule has 2 aliphatic heterocycles. The van der Waals surface area contributed by atoms with Crippen molar-refractivity contribution >= 4 is 29.5 Å². The van der Waals surface area contributed by atoms with Gasteiger partial charge in [0.25, 0.3) is 0 Å². The summed E-state index contributed by atoms with van der Waals surface area (Å²) in [6.07, 6.45) is 11.2. The van der Waals surface area contributed by atoms with Gasteiger partial charge in [-0.3, -0.25) is 24.0 Å². The maximum Gasteiger partial charge on any atom is 0.245 e. The number of carbonyl (C=O) groups is 5. The quantitative estimate of drug-likeness (QED) is 0.259. The van der Waals surface area contributed by atoms with E-state index < -0.39 is 53.8 Å². The van der Waals surface area contributed by atoms with Crippen LogP contribution in [0.4, 0.5) is 0 Å². The molecule has 0 saturated carbocycles. The number of carbonyl (C=O) groups excluding carboxylic acids is 5. The maximum atomic E-state index is 13.9. The summed E-state index contributed by atoms with van der Waals surface area (Å²) in [5.74, 6) is -2.21. The van der Waals surface area contributed by atoms with Crippen LogP contribution >= 0.6 is 0 Å². The molecular weight excluding hydrogens is 574 g/mol. The van der Waals surface area contributed by atoms with Crippen molar-refractivity contribution in [3.05, 3.63) is 48.4 Å². The van der Waals surface area contributed by atoms with Gasteiger partial charge >= 0.3 is 0 Å². The number of hydrogen-bond acceptors (Lipinski definition) is 7. The minimum atomic E-state index is -0.959. The lowest BCUT2D eigenvalue weighted by Gasteiger charge is -2.33. The molecule has 2 rings (SSSR count). The molecule has 5 amide bonds. The lowest BCUT2D eigenvalue weighted by Crippen LogP contribution is -2.59. The van der Waals surface area contributed by atoms with Crippen molar-refractivity contribution in [3.8, 4) is 0 Å². The third-order valence-corrected chi connectivity index (χ3v) is 7.79. The highest BCUT2D eigenvalue weighted by Crippen LogP contribution is 2.19. The molecule has 0 unspecified atom stereocenters. The molecule has 0 aromatic carbocycles. The Morgan fingerprint density at radius 1 is 0.889 bits per heavy atom. The van der Waals surface area contributed by atoms with Crippen LogP contribution < -0.4 is 32.3 Å². The van der Waals surface area contributed by atoms with Crippen LogP contribution in [0.2, 0.25) is 0 Å². The molecule has 0 radical (unpaired) electrons. The summed E-state index contributed by atoms with van der Waals surface area (Å²) in [6, 6.07) is -4.57. The summed E-state index contributed by atoms with van der Waals surface area (Å²) in [6.45, 7) is 13.7. The Morgan fingerprint density at radius 3 is 2.22 bits per heavy atom. The molecular formula is C33H53N7O5. The van der Waals surface area contributed by atoms with E-state index in [1.54, 1.807) is 12.4 Å². The van der Waals surface area contributed by atoms with Crippen LogP contribution in [0, 0.1) is 11.8 Å². The second-order valence-electron chi connectivity index (χ2n) is 12.8. The summed E-state index contributed by atoms with van der Waals surface area (Å²) in [7, 11) is 1.54. The Kier molecular flexibility index (Phi) is 15.0. The van der Waals surface area contributed by atoms with Crippen LogP contribution in [-0.4, -0.2) is 78.2 Å². The normalized spacial score (nSPS) is 28.7. The van der Waals surface area contributed by atoms with Crippen molar-refractivity contribution in [3.63, 3.8) is 0 Å². The van der Waals surface area contributed by atoms with Gasteiger partial charge in [-0.15, -0.1) is 0 Å². The van der Waals surface area contributed by atoms with E-state index in [2.05, 4.69) is 33.2 Å². The molecule has 1 fully saturated rings. The zero-order valence-corrected chi connectivity index (χ0v) is 27.7. The SMILES string of the molecule is C=C1/C=C\C=CN/C=C\1C[C@@H]1NC(=O)[C@H](CC(C)C)N(C)C(=O)[C@H](CC(C)C)NC(=O)[C@H](C)NC(=O)[C@H](N)CCCCNC1=O. The number of hydrogen-bond donors (Lipinski definition) is 6. The first-order valence-electron chi connectivity index (χ1n) is 15.9. The third-order valence-electron chi connectivity index (χ3n) is 7.79. The smallest absolute Gasteiger partial charge is 0.245 e. The number of nitrogens with zero attached hydrogens (tertiary/aromatic N) is 1. The molecule has 0 bridgehead atoms. The predicted molar refractivity (Wildman–Crippen MR) is 175 cm³/mol. The van der Waals surface area contributed by atoms with E-state index in [0.29, 0.717) is 44.2 Å². The van der Waals surface area contributed by atoms with Gasteiger partial charge in [0.15, 0.2) is 0 Å². The van der Waals surface area contributed by atoms with Gasteiger partial charge in [0, 0.05) is 32.4 Å². The van der Waals surface area contributed by atoms with Crippen molar-refractivity contribution in [1.29, 1.82) is 0 Å². The summed E-state index contributed by atoms with van der Waals surface area (Å²) in [5, 5.41) is 14.3. The third kappa shape index (κ3) is 12.2. The van der Waals surface area contributed by atoms with E-state index in [-0.39, 0.29) is 24.2 Å². The van der Waals surface area contributed by atoms with Crippen LogP contribution in [0.1, 0.15) is 73.1 Å². The first-order valence-corrected chi connectivity index (χ1v) is 15.9. The van der Waals surface area contributed by atoms with Crippen molar-refractivity contribution < 1.29 is 24.0 Å². The molecule has 1 saturated heterocycles. The van der Waals surface area contributed by atoms with Gasteiger partial charge in [-0.1, -0.05) is 46.4 Å². The Hall–Kier alpha value is -3.93. The number of likely N-dealkylation sites (N-methyl/N-ethyl adjacent to an activating group) is 1. The second-order valence-corrected chi connectivity index (χ2v) is 12.8. The highest BCUT2D eigenvalue weighted by molar-refractivity contribution is 5.95. The monoisotopic (exact) mass is 627 g/mol. The molecule has 2 aliphatic rings. The van der Waals surface area contributed by atoms with E-state index in [9.17, 15) is 24.0 Å². The Morgan fingerprint density at radius 2 is 1.56 bits per heavy atom. The molecule has 12 heteroatoms. The fraction of sp³-hybridized carbons (Fsp3) is 0.606. The van der Waals surface area contributed by atoms with E-state index in [4.69, 9.17) is 5.73 Å². The lowest BCUT2D eigenvalue weighted by atomic mass is 9.96. The minimum absolute atomic E-state index is 0.0386. The van der Waals surface area contributed by atoms with Crippen molar-refractivity contribution in [2.24, 2.45) is 17.6 Å². The summed E-state index contributed by atoms with van der Waals surface area (Å²) >= 11 is 0. The van der Waals surface area contributed by atoms with Crippen molar-refractivity contribution in [2.75, 3.05) is 13.6 Å². The average molecular weight is 628 g/mol. The summed E-state index contributed by atoms with van der Waals surface area (Å²) in [4.78, 5) is 68.5. The zero-order valence-electron chi connectivity index (χ0n) is 27.7. The maximum absolute atomic E-state index is 13.9. The average Bonchev–Trinajstić information content (AvgIpc) is 2.96. The van der Waals surface area contributed by atoms with Crippen molar-refractivity contribution in [1.82, 2.24) is 31.5 Å². The van der Waals surface area contributed by atoms with Crippen LogP contribution in [0.3, 0.4) is 0 Å². The van der Waals surface area contributed by atoms with Gasteiger partial charge in [0.1, 0.15) is 24.2 Å². The van der Waals surface area contributed by atoms with E-state index in [1.165, 1.54) is 18.9 Å². The molecule has 0 aromatic rings. The van der Waals surface area contributed by atoms with Gasteiger partial charge in [0.2, 0.25) is 29.5 Å². The van der Waals surface area contributed by atoms with Gasteiger partial charge in [-0.2, -0.15) is 0 Å². The van der Waals surface area contributed by atoms with Crippen LogP contribution in [0.25, 0.3) is 0 Å². The van der Waals surface area contributed by atoms with E-state index in [1.807, 2.05) is 45.9 Å². The number of nitrogens with one attached hydrogen (secondary N) is 5.